The lowest BCUT2D eigenvalue weighted by molar-refractivity contribution is 0.154. The number of aromatic nitrogens is 3. The molecule has 2 aromatic heterocycles. The Morgan fingerprint density at radius 3 is 2.85 bits per heavy atom. The zero-order valence-electron chi connectivity index (χ0n) is 14.3. The lowest BCUT2D eigenvalue weighted by Gasteiger charge is -2.30. The third-order valence-electron chi connectivity index (χ3n) is 4.29. The van der Waals surface area contributed by atoms with Crippen LogP contribution in [0, 0.1) is 0 Å². The number of rotatable bonds is 5. The number of hydrogen-bond acceptors (Lipinski definition) is 7. The van der Waals surface area contributed by atoms with Gasteiger partial charge in [-0.15, -0.1) is 0 Å². The van der Waals surface area contributed by atoms with Crippen LogP contribution in [0.3, 0.4) is 0 Å². The smallest absolute Gasteiger partial charge is 0.259 e. The van der Waals surface area contributed by atoms with Gasteiger partial charge in [-0.05, 0) is 37.1 Å². The SMILES string of the molecule is O[C@@H]1CCCN(c2ccc(-c3nc(COc4ccccc4)no3)cn2)C1. The summed E-state index contributed by atoms with van der Waals surface area (Å²) in [5.41, 5.74) is 0.754. The summed E-state index contributed by atoms with van der Waals surface area (Å²) in [7, 11) is 0. The van der Waals surface area contributed by atoms with E-state index < -0.39 is 0 Å². The first-order valence-corrected chi connectivity index (χ1v) is 8.68. The number of aliphatic hydroxyl groups is 1. The summed E-state index contributed by atoms with van der Waals surface area (Å²) >= 11 is 0. The average Bonchev–Trinajstić information content (AvgIpc) is 3.16. The van der Waals surface area contributed by atoms with E-state index in [9.17, 15) is 5.11 Å². The summed E-state index contributed by atoms with van der Waals surface area (Å²) in [4.78, 5) is 10.9. The number of benzene rings is 1. The maximum absolute atomic E-state index is 9.79. The zero-order valence-corrected chi connectivity index (χ0v) is 14.3. The van der Waals surface area contributed by atoms with Crippen molar-refractivity contribution in [1.82, 2.24) is 15.1 Å². The second-order valence-corrected chi connectivity index (χ2v) is 6.26. The van der Waals surface area contributed by atoms with Gasteiger partial charge < -0.3 is 19.3 Å². The van der Waals surface area contributed by atoms with E-state index in [2.05, 4.69) is 20.0 Å². The average molecular weight is 352 g/mol. The zero-order chi connectivity index (χ0) is 17.8. The van der Waals surface area contributed by atoms with Gasteiger partial charge in [0.1, 0.15) is 11.6 Å². The molecule has 1 atom stereocenters. The molecule has 3 heterocycles. The Hall–Kier alpha value is -2.93. The molecule has 1 aliphatic heterocycles. The number of para-hydroxylation sites is 1. The molecular formula is C19H20N4O3. The molecule has 7 nitrogen and oxygen atoms in total. The lowest BCUT2D eigenvalue weighted by atomic mass is 10.1. The lowest BCUT2D eigenvalue weighted by Crippen LogP contribution is -2.38. The van der Waals surface area contributed by atoms with Gasteiger partial charge in [0.05, 0.1) is 11.7 Å². The minimum atomic E-state index is -0.284. The van der Waals surface area contributed by atoms with E-state index in [1.54, 1.807) is 6.20 Å². The summed E-state index contributed by atoms with van der Waals surface area (Å²) in [6, 6.07) is 13.3. The van der Waals surface area contributed by atoms with Crippen LogP contribution in [0.1, 0.15) is 18.7 Å². The maximum atomic E-state index is 9.79. The highest BCUT2D eigenvalue weighted by Crippen LogP contribution is 2.22. The van der Waals surface area contributed by atoms with Crippen molar-refractivity contribution < 1.29 is 14.4 Å². The van der Waals surface area contributed by atoms with Crippen LogP contribution in [0.2, 0.25) is 0 Å². The van der Waals surface area contributed by atoms with Crippen molar-refractivity contribution in [2.45, 2.75) is 25.6 Å². The van der Waals surface area contributed by atoms with Gasteiger partial charge in [-0.1, -0.05) is 23.4 Å². The fourth-order valence-corrected chi connectivity index (χ4v) is 2.96. The predicted molar refractivity (Wildman–Crippen MR) is 95.8 cm³/mol. The fourth-order valence-electron chi connectivity index (χ4n) is 2.96. The van der Waals surface area contributed by atoms with Crippen molar-refractivity contribution in [3.05, 3.63) is 54.5 Å². The van der Waals surface area contributed by atoms with Crippen molar-refractivity contribution in [2.75, 3.05) is 18.0 Å². The van der Waals surface area contributed by atoms with Gasteiger partial charge in [-0.2, -0.15) is 4.98 Å². The number of β-amino-alcohol motifs (C(OH)–C–C–N with tert-alkyl or cyclic N) is 1. The van der Waals surface area contributed by atoms with Crippen LogP contribution in [0.5, 0.6) is 5.75 Å². The van der Waals surface area contributed by atoms with Gasteiger partial charge in [-0.25, -0.2) is 4.98 Å². The quantitative estimate of drug-likeness (QED) is 0.755. The summed E-state index contributed by atoms with van der Waals surface area (Å²) in [5.74, 6) is 2.50. The van der Waals surface area contributed by atoms with Crippen LogP contribution in [-0.2, 0) is 6.61 Å². The van der Waals surface area contributed by atoms with E-state index in [0.717, 1.165) is 36.5 Å². The van der Waals surface area contributed by atoms with Gasteiger partial charge in [0, 0.05) is 19.3 Å². The third kappa shape index (κ3) is 3.83. The molecule has 134 valence electrons. The summed E-state index contributed by atoms with van der Waals surface area (Å²) in [5, 5.41) is 13.7. The number of piperidine rings is 1. The molecule has 1 aromatic carbocycles. The molecule has 1 N–H and O–H groups in total. The molecule has 0 amide bonds. The predicted octanol–water partition coefficient (Wildman–Crippen LogP) is 2.67. The molecule has 1 saturated heterocycles. The Balaban J connectivity index is 1.41. The highest BCUT2D eigenvalue weighted by atomic mass is 16.5. The first-order valence-electron chi connectivity index (χ1n) is 8.68. The van der Waals surface area contributed by atoms with Gasteiger partial charge in [0.2, 0.25) is 5.82 Å². The molecule has 0 saturated carbocycles. The highest BCUT2D eigenvalue weighted by Gasteiger charge is 2.19. The van der Waals surface area contributed by atoms with Crippen molar-refractivity contribution in [3.63, 3.8) is 0 Å². The normalized spacial score (nSPS) is 17.3. The number of aliphatic hydroxyl groups excluding tert-OH is 1. The summed E-state index contributed by atoms with van der Waals surface area (Å²) in [6.07, 6.45) is 3.25. The molecule has 0 radical (unpaired) electrons. The van der Waals surface area contributed by atoms with Crippen LogP contribution in [0.4, 0.5) is 5.82 Å². The largest absolute Gasteiger partial charge is 0.485 e. The topological polar surface area (TPSA) is 84.5 Å². The van der Waals surface area contributed by atoms with E-state index in [4.69, 9.17) is 9.26 Å². The van der Waals surface area contributed by atoms with E-state index in [1.807, 2.05) is 42.5 Å². The van der Waals surface area contributed by atoms with Crippen LogP contribution in [0.25, 0.3) is 11.5 Å². The van der Waals surface area contributed by atoms with Crippen LogP contribution in [0.15, 0.2) is 53.2 Å². The van der Waals surface area contributed by atoms with Crippen molar-refractivity contribution >= 4 is 5.82 Å². The first-order chi connectivity index (χ1) is 12.8. The van der Waals surface area contributed by atoms with Gasteiger partial charge in [0.15, 0.2) is 6.61 Å². The molecule has 3 aromatic rings. The number of nitrogens with zero attached hydrogens (tertiary/aromatic N) is 4. The van der Waals surface area contributed by atoms with E-state index >= 15 is 0 Å². The van der Waals surface area contributed by atoms with Gasteiger partial charge in [0.25, 0.3) is 5.89 Å². The molecule has 0 unspecified atom stereocenters. The molecule has 0 bridgehead atoms. The second-order valence-electron chi connectivity index (χ2n) is 6.26. The number of anilines is 1. The molecule has 26 heavy (non-hydrogen) atoms. The maximum Gasteiger partial charge on any atom is 0.259 e. The number of pyridine rings is 1. The fraction of sp³-hybridized carbons (Fsp3) is 0.316. The Labute approximate surface area is 151 Å². The Bertz CT molecular complexity index is 836. The van der Waals surface area contributed by atoms with Crippen LogP contribution < -0.4 is 9.64 Å². The minimum Gasteiger partial charge on any atom is -0.485 e. The molecule has 0 aliphatic carbocycles. The number of hydrogen-bond donors (Lipinski definition) is 1. The van der Waals surface area contributed by atoms with Crippen LogP contribution >= 0.6 is 0 Å². The molecule has 4 rings (SSSR count). The number of ether oxygens (including phenoxy) is 1. The van der Waals surface area contributed by atoms with Gasteiger partial charge in [-0.3, -0.25) is 0 Å². The molecular weight excluding hydrogens is 332 g/mol. The van der Waals surface area contributed by atoms with E-state index in [0.29, 0.717) is 18.3 Å². The Morgan fingerprint density at radius 2 is 2.08 bits per heavy atom. The minimum absolute atomic E-state index is 0.241. The van der Waals surface area contributed by atoms with Crippen molar-refractivity contribution in [3.8, 4) is 17.2 Å². The summed E-state index contributed by atoms with van der Waals surface area (Å²) < 4.78 is 10.9. The van der Waals surface area contributed by atoms with Crippen molar-refractivity contribution in [1.29, 1.82) is 0 Å². The van der Waals surface area contributed by atoms with Crippen LogP contribution in [-0.4, -0.2) is 39.4 Å². The molecule has 0 spiro atoms. The summed E-state index contributed by atoms with van der Waals surface area (Å²) in [6.45, 7) is 1.77. The van der Waals surface area contributed by atoms with E-state index in [-0.39, 0.29) is 12.7 Å². The standard InChI is InChI=1S/C19H20N4O3/c24-15-5-4-10-23(12-15)18-9-8-14(11-20-18)19-21-17(22-26-19)13-25-16-6-2-1-3-7-16/h1-3,6-9,11,15,24H,4-5,10,12-13H2/t15-/m1/s1. The van der Waals surface area contributed by atoms with Gasteiger partial charge >= 0.3 is 0 Å². The van der Waals surface area contributed by atoms with E-state index in [1.165, 1.54) is 0 Å². The molecule has 1 aliphatic rings. The second kappa shape index (κ2) is 7.53. The molecule has 1 fully saturated rings. The first kappa shape index (κ1) is 16.5. The third-order valence-corrected chi connectivity index (χ3v) is 4.29. The molecule has 7 heteroatoms. The highest BCUT2D eigenvalue weighted by molar-refractivity contribution is 5.54. The van der Waals surface area contributed by atoms with Crippen molar-refractivity contribution in [2.24, 2.45) is 0 Å². The Kier molecular flexibility index (Phi) is 4.79. The Morgan fingerprint density at radius 1 is 1.19 bits per heavy atom. The monoisotopic (exact) mass is 352 g/mol.